The molecule has 1 aliphatic carbocycles. The molecule has 0 radical (unpaired) electrons. The zero-order valence-electron chi connectivity index (χ0n) is 20.4. The predicted molar refractivity (Wildman–Crippen MR) is 118 cm³/mol. The molecule has 5 rings (SSSR count). The van der Waals surface area contributed by atoms with E-state index in [1.54, 1.807) is 0 Å². The molecular formula is C23H26F6N4O6. The molecule has 2 aromatic heterocycles. The zero-order chi connectivity index (χ0) is 28.8. The van der Waals surface area contributed by atoms with E-state index in [2.05, 4.69) is 26.1 Å². The molecule has 3 aliphatic rings. The first-order valence-corrected chi connectivity index (χ1v) is 11.9. The highest BCUT2D eigenvalue weighted by Crippen LogP contribution is 2.40. The number of aliphatic carboxylic acids is 2. The minimum Gasteiger partial charge on any atom is -0.475 e. The number of fused-ring (bicyclic) bond motifs is 1. The van der Waals surface area contributed by atoms with Crippen molar-refractivity contribution in [2.24, 2.45) is 11.8 Å². The Morgan fingerprint density at radius 1 is 1.03 bits per heavy atom. The fraction of sp³-hybridized carbons (Fsp3) is 0.609. The minimum atomic E-state index is -5.08. The van der Waals surface area contributed by atoms with Crippen LogP contribution in [-0.2, 0) is 27.3 Å². The lowest BCUT2D eigenvalue weighted by Crippen LogP contribution is -2.41. The lowest BCUT2D eigenvalue weighted by Gasteiger charge is -2.35. The third-order valence-electron chi connectivity index (χ3n) is 6.28. The van der Waals surface area contributed by atoms with Crippen molar-refractivity contribution in [2.45, 2.75) is 56.6 Å². The summed E-state index contributed by atoms with van der Waals surface area (Å²) >= 11 is 0. The molecule has 216 valence electrons. The topological polar surface area (TPSA) is 139 Å². The molecule has 2 N–H and O–H groups in total. The maximum absolute atomic E-state index is 10.6. The molecule has 16 heteroatoms. The summed E-state index contributed by atoms with van der Waals surface area (Å²) in [5.74, 6) is -2.18. The molecule has 1 saturated carbocycles. The molecule has 2 saturated heterocycles. The maximum atomic E-state index is 10.6. The minimum absolute atomic E-state index is 0.234. The summed E-state index contributed by atoms with van der Waals surface area (Å²) in [7, 11) is 0. The maximum Gasteiger partial charge on any atom is 0.490 e. The number of carbonyl (C=O) groups is 2. The molecule has 0 bridgehead atoms. The second-order valence-corrected chi connectivity index (χ2v) is 9.30. The van der Waals surface area contributed by atoms with Gasteiger partial charge in [-0.1, -0.05) is 6.07 Å². The van der Waals surface area contributed by atoms with Gasteiger partial charge in [0.15, 0.2) is 0 Å². The lowest BCUT2D eigenvalue weighted by molar-refractivity contribution is -0.193. The van der Waals surface area contributed by atoms with Crippen LogP contribution in [-0.4, -0.2) is 80.4 Å². The van der Waals surface area contributed by atoms with Gasteiger partial charge in [-0.15, -0.1) is 10.2 Å². The van der Waals surface area contributed by atoms with Crippen molar-refractivity contribution in [3.8, 4) is 0 Å². The largest absolute Gasteiger partial charge is 0.490 e. The smallest absolute Gasteiger partial charge is 0.475 e. The summed E-state index contributed by atoms with van der Waals surface area (Å²) in [5, 5.41) is 22.7. The van der Waals surface area contributed by atoms with Gasteiger partial charge in [-0.3, -0.25) is 9.88 Å². The van der Waals surface area contributed by atoms with Gasteiger partial charge < -0.3 is 19.4 Å². The van der Waals surface area contributed by atoms with E-state index in [0.717, 1.165) is 44.4 Å². The number of hydrogen-bond acceptors (Lipinski definition) is 8. The summed E-state index contributed by atoms with van der Waals surface area (Å²) in [6, 6.07) is 4.16. The molecule has 2 aliphatic heterocycles. The normalized spacial score (nSPS) is 23.1. The number of piperidine rings is 1. The lowest BCUT2D eigenvalue weighted by atomic mass is 9.83. The Morgan fingerprint density at radius 2 is 1.67 bits per heavy atom. The van der Waals surface area contributed by atoms with Crippen LogP contribution in [0, 0.1) is 11.8 Å². The van der Waals surface area contributed by atoms with E-state index in [0.29, 0.717) is 17.8 Å². The number of likely N-dealkylation sites (tertiary alicyclic amines) is 1. The van der Waals surface area contributed by atoms with E-state index in [1.165, 1.54) is 24.8 Å². The van der Waals surface area contributed by atoms with E-state index < -0.39 is 24.3 Å². The monoisotopic (exact) mass is 568 g/mol. The van der Waals surface area contributed by atoms with Gasteiger partial charge in [0, 0.05) is 37.3 Å². The van der Waals surface area contributed by atoms with Crippen molar-refractivity contribution in [1.82, 2.24) is 20.1 Å². The first kappa shape index (κ1) is 30.3. The van der Waals surface area contributed by atoms with Crippen LogP contribution in [0.5, 0.6) is 0 Å². The Morgan fingerprint density at radius 3 is 2.21 bits per heavy atom. The first-order valence-electron chi connectivity index (χ1n) is 11.9. The number of pyridine rings is 1. The summed E-state index contributed by atoms with van der Waals surface area (Å²) in [6.07, 6.45) is -1.80. The van der Waals surface area contributed by atoms with Gasteiger partial charge >= 0.3 is 24.3 Å². The second kappa shape index (κ2) is 12.7. The average Bonchev–Trinajstić information content (AvgIpc) is 3.48. The number of carboxylic acids is 2. The number of hydrogen-bond donors (Lipinski definition) is 2. The van der Waals surface area contributed by atoms with Crippen LogP contribution >= 0.6 is 0 Å². The fourth-order valence-electron chi connectivity index (χ4n) is 4.28. The molecule has 0 amide bonds. The highest BCUT2D eigenvalue weighted by Gasteiger charge is 2.42. The standard InChI is InChI=1S/C19H24N4O2.2C2HF3O2/c1-2-13(9-20-6-1)10-23-7-5-16-15(11-23)12-24-17(16)8-18-21-22-19(25-18)14-3-4-14;2*3-2(4,5)1(6)7/h1-2,6,9,14-17H,3-5,7-8,10-12H2;2*(H,6,7)/t15-,16-,17+;;/m1../s1. The molecule has 3 atom stereocenters. The number of carboxylic acid groups (broad SMARTS) is 2. The highest BCUT2D eigenvalue weighted by molar-refractivity contribution is 5.73. The Bertz CT molecular complexity index is 1070. The fourth-order valence-corrected chi connectivity index (χ4v) is 4.28. The molecular weight excluding hydrogens is 542 g/mol. The Hall–Kier alpha value is -3.27. The summed E-state index contributed by atoms with van der Waals surface area (Å²) in [5.41, 5.74) is 1.29. The van der Waals surface area contributed by atoms with Gasteiger partial charge in [0.2, 0.25) is 11.8 Å². The van der Waals surface area contributed by atoms with E-state index in [4.69, 9.17) is 29.0 Å². The summed E-state index contributed by atoms with van der Waals surface area (Å²) in [4.78, 5) is 24.5. The van der Waals surface area contributed by atoms with Crippen LogP contribution in [0.1, 0.15) is 42.5 Å². The van der Waals surface area contributed by atoms with Crippen molar-refractivity contribution in [1.29, 1.82) is 0 Å². The van der Waals surface area contributed by atoms with Crippen LogP contribution < -0.4 is 0 Å². The summed E-state index contributed by atoms with van der Waals surface area (Å²) in [6.45, 7) is 4.05. The Labute approximate surface area is 218 Å². The van der Waals surface area contributed by atoms with E-state index in [-0.39, 0.29) is 6.10 Å². The molecule has 39 heavy (non-hydrogen) atoms. The van der Waals surface area contributed by atoms with E-state index in [9.17, 15) is 26.3 Å². The number of nitrogens with zero attached hydrogens (tertiary/aromatic N) is 4. The quantitative estimate of drug-likeness (QED) is 0.514. The van der Waals surface area contributed by atoms with Gasteiger partial charge in [-0.05, 0) is 43.4 Å². The number of rotatable bonds is 5. The third kappa shape index (κ3) is 9.45. The SMILES string of the molecule is O=C(O)C(F)(F)F.O=C(O)C(F)(F)F.c1cncc(CN2CC[C@@H]3[C@@H](CO[C@H]3Cc3nnc(C4CC4)o3)C2)c1. The zero-order valence-corrected chi connectivity index (χ0v) is 20.4. The molecule has 2 aromatic rings. The number of ether oxygens (including phenoxy) is 1. The molecule has 0 spiro atoms. The van der Waals surface area contributed by atoms with Gasteiger partial charge in [-0.2, -0.15) is 26.3 Å². The van der Waals surface area contributed by atoms with E-state index >= 15 is 0 Å². The van der Waals surface area contributed by atoms with Crippen molar-refractivity contribution in [2.75, 3.05) is 19.7 Å². The van der Waals surface area contributed by atoms with Crippen molar-refractivity contribution >= 4 is 11.9 Å². The van der Waals surface area contributed by atoms with Crippen LogP contribution in [0.25, 0.3) is 0 Å². The van der Waals surface area contributed by atoms with Gasteiger partial charge in [0.1, 0.15) is 0 Å². The number of halogens is 6. The second-order valence-electron chi connectivity index (χ2n) is 9.30. The van der Waals surface area contributed by atoms with Crippen LogP contribution in [0.3, 0.4) is 0 Å². The van der Waals surface area contributed by atoms with Crippen molar-refractivity contribution < 1.29 is 55.3 Å². The summed E-state index contributed by atoms with van der Waals surface area (Å²) < 4.78 is 75.4. The Kier molecular flexibility index (Phi) is 9.88. The van der Waals surface area contributed by atoms with Gasteiger partial charge in [0.25, 0.3) is 0 Å². The van der Waals surface area contributed by atoms with E-state index in [1.807, 2.05) is 18.5 Å². The molecule has 10 nitrogen and oxygen atoms in total. The van der Waals surface area contributed by atoms with Crippen LogP contribution in [0.15, 0.2) is 28.9 Å². The molecule has 0 aromatic carbocycles. The predicted octanol–water partition coefficient (Wildman–Crippen LogP) is 3.69. The van der Waals surface area contributed by atoms with Crippen molar-refractivity contribution in [3.63, 3.8) is 0 Å². The van der Waals surface area contributed by atoms with Crippen LogP contribution in [0.2, 0.25) is 0 Å². The average molecular weight is 568 g/mol. The molecule has 0 unspecified atom stereocenters. The third-order valence-corrected chi connectivity index (χ3v) is 6.28. The van der Waals surface area contributed by atoms with Gasteiger partial charge in [-0.25, -0.2) is 9.59 Å². The Balaban J connectivity index is 0.000000251. The van der Waals surface area contributed by atoms with Gasteiger partial charge in [0.05, 0.1) is 19.1 Å². The highest BCUT2D eigenvalue weighted by atomic mass is 19.4. The number of aromatic nitrogens is 3. The van der Waals surface area contributed by atoms with Crippen LogP contribution in [0.4, 0.5) is 26.3 Å². The number of alkyl halides is 6. The molecule has 3 fully saturated rings. The molecule has 4 heterocycles. The van der Waals surface area contributed by atoms with Crippen molar-refractivity contribution in [3.05, 3.63) is 41.9 Å². The first-order chi connectivity index (χ1) is 18.2.